The molecular weight excluding hydrogens is 248 g/mol. The van der Waals surface area contributed by atoms with Crippen LogP contribution < -0.4 is 0 Å². The third-order valence-electron chi connectivity index (χ3n) is 4.18. The Kier molecular flexibility index (Phi) is 3.04. The molecule has 2 atom stereocenters. The molecule has 0 unspecified atom stereocenters. The molecule has 1 aliphatic rings. The van der Waals surface area contributed by atoms with E-state index in [-0.39, 0.29) is 0 Å². The second-order valence-electron chi connectivity index (χ2n) is 5.27. The van der Waals surface area contributed by atoms with E-state index in [9.17, 15) is 10.4 Å². The highest BCUT2D eigenvalue weighted by Crippen LogP contribution is 2.41. The van der Waals surface area contributed by atoms with Gasteiger partial charge in [0.15, 0.2) is 0 Å². The van der Waals surface area contributed by atoms with Crippen LogP contribution in [0.3, 0.4) is 0 Å². The van der Waals surface area contributed by atoms with Crippen LogP contribution in [0.1, 0.15) is 29.3 Å². The maximum Gasteiger partial charge on any atom is 0.132 e. The SMILES string of the molecule is C[C@@H](C#N)[C@]1(O)c2ccccc2CCc2ncccc21. The van der Waals surface area contributed by atoms with Crippen LogP contribution in [-0.2, 0) is 18.4 Å². The highest BCUT2D eigenvalue weighted by atomic mass is 16.3. The lowest BCUT2D eigenvalue weighted by Gasteiger charge is -2.32. The van der Waals surface area contributed by atoms with Gasteiger partial charge in [0.1, 0.15) is 5.60 Å². The number of rotatable bonds is 1. The zero-order valence-electron chi connectivity index (χ0n) is 11.4. The molecule has 1 aliphatic carbocycles. The van der Waals surface area contributed by atoms with Gasteiger partial charge in [0.05, 0.1) is 12.0 Å². The first-order chi connectivity index (χ1) is 9.67. The molecule has 1 heterocycles. The summed E-state index contributed by atoms with van der Waals surface area (Å²) in [5.41, 5.74) is 2.29. The molecule has 0 saturated carbocycles. The molecule has 0 bridgehead atoms. The van der Waals surface area contributed by atoms with Gasteiger partial charge >= 0.3 is 0 Å². The molecule has 3 rings (SSSR count). The average molecular weight is 264 g/mol. The van der Waals surface area contributed by atoms with Crippen molar-refractivity contribution in [3.05, 3.63) is 65.0 Å². The summed E-state index contributed by atoms with van der Waals surface area (Å²) in [6.45, 7) is 1.76. The molecule has 0 saturated heterocycles. The quantitative estimate of drug-likeness (QED) is 0.861. The fraction of sp³-hybridized carbons (Fsp3) is 0.294. The molecule has 0 fully saturated rings. The molecule has 0 aliphatic heterocycles. The zero-order valence-corrected chi connectivity index (χ0v) is 11.4. The van der Waals surface area contributed by atoms with Gasteiger partial charge in [0, 0.05) is 17.5 Å². The number of hydrogen-bond acceptors (Lipinski definition) is 3. The molecule has 3 nitrogen and oxygen atoms in total. The number of benzene rings is 1. The Bertz CT molecular complexity index is 640. The fourth-order valence-electron chi connectivity index (χ4n) is 3.05. The van der Waals surface area contributed by atoms with E-state index in [2.05, 4.69) is 11.1 Å². The normalized spacial score (nSPS) is 22.1. The third kappa shape index (κ3) is 1.73. The first kappa shape index (κ1) is 12.8. The van der Waals surface area contributed by atoms with Crippen LogP contribution in [-0.4, -0.2) is 10.1 Å². The first-order valence-corrected chi connectivity index (χ1v) is 6.82. The lowest BCUT2D eigenvalue weighted by atomic mass is 9.76. The van der Waals surface area contributed by atoms with Crippen molar-refractivity contribution in [2.75, 3.05) is 0 Å². The second-order valence-corrected chi connectivity index (χ2v) is 5.27. The van der Waals surface area contributed by atoms with E-state index in [1.165, 1.54) is 0 Å². The van der Waals surface area contributed by atoms with Gasteiger partial charge in [-0.15, -0.1) is 0 Å². The molecule has 0 amide bonds. The highest BCUT2D eigenvalue weighted by Gasteiger charge is 2.42. The van der Waals surface area contributed by atoms with Gasteiger partial charge < -0.3 is 5.11 Å². The molecule has 0 radical (unpaired) electrons. The number of aromatic nitrogens is 1. The van der Waals surface area contributed by atoms with Gasteiger partial charge in [0.2, 0.25) is 0 Å². The predicted molar refractivity (Wildman–Crippen MR) is 75.9 cm³/mol. The number of hydrogen-bond donors (Lipinski definition) is 1. The minimum atomic E-state index is -1.29. The number of nitriles is 1. The van der Waals surface area contributed by atoms with E-state index in [1.807, 2.05) is 36.4 Å². The lowest BCUT2D eigenvalue weighted by Crippen LogP contribution is -2.35. The fourth-order valence-corrected chi connectivity index (χ4v) is 3.05. The topological polar surface area (TPSA) is 56.9 Å². The standard InChI is InChI=1S/C17H16N2O/c1-12(11-18)17(20)14-6-3-2-5-13(14)8-9-16-15(17)7-4-10-19-16/h2-7,10,12,20H,8-9H2,1H3/t12-,17-/m0/s1. The molecule has 1 aromatic heterocycles. The molecule has 3 heteroatoms. The van der Waals surface area contributed by atoms with Crippen LogP contribution in [0.25, 0.3) is 0 Å². The number of aryl methyl sites for hydroxylation is 2. The summed E-state index contributed by atoms with van der Waals surface area (Å²) in [6, 6.07) is 13.7. The summed E-state index contributed by atoms with van der Waals surface area (Å²) in [5, 5.41) is 20.7. The monoisotopic (exact) mass is 264 g/mol. The smallest absolute Gasteiger partial charge is 0.132 e. The molecular formula is C17H16N2O. The molecule has 100 valence electrons. The molecule has 0 spiro atoms. The van der Waals surface area contributed by atoms with E-state index in [0.717, 1.165) is 35.2 Å². The lowest BCUT2D eigenvalue weighted by molar-refractivity contribution is 0.0453. The molecule has 1 aromatic carbocycles. The Morgan fingerprint density at radius 1 is 1.20 bits per heavy atom. The predicted octanol–water partition coefficient (Wildman–Crippen LogP) is 2.58. The van der Waals surface area contributed by atoms with Gasteiger partial charge in [-0.25, -0.2) is 0 Å². The zero-order chi connectivity index (χ0) is 14.2. The summed E-state index contributed by atoms with van der Waals surface area (Å²) < 4.78 is 0. The number of fused-ring (bicyclic) bond motifs is 2. The van der Waals surface area contributed by atoms with Gasteiger partial charge in [0.25, 0.3) is 0 Å². The van der Waals surface area contributed by atoms with Crippen molar-refractivity contribution in [1.82, 2.24) is 4.98 Å². The van der Waals surface area contributed by atoms with Gasteiger partial charge in [-0.2, -0.15) is 5.26 Å². The van der Waals surface area contributed by atoms with Gasteiger partial charge in [-0.05, 0) is 37.0 Å². The Morgan fingerprint density at radius 2 is 1.95 bits per heavy atom. The van der Waals surface area contributed by atoms with Crippen LogP contribution in [0.15, 0.2) is 42.6 Å². The number of aliphatic hydroxyl groups is 1. The molecule has 2 aromatic rings. The number of nitrogens with zero attached hydrogens (tertiary/aromatic N) is 2. The second kappa shape index (κ2) is 4.73. The van der Waals surface area contributed by atoms with Crippen molar-refractivity contribution >= 4 is 0 Å². The van der Waals surface area contributed by atoms with Crippen molar-refractivity contribution < 1.29 is 5.11 Å². The highest BCUT2D eigenvalue weighted by molar-refractivity contribution is 5.47. The summed E-state index contributed by atoms with van der Waals surface area (Å²) >= 11 is 0. The summed E-state index contributed by atoms with van der Waals surface area (Å²) in [6.07, 6.45) is 3.36. The molecule has 1 N–H and O–H groups in total. The third-order valence-corrected chi connectivity index (χ3v) is 4.18. The van der Waals surface area contributed by atoms with Crippen LogP contribution >= 0.6 is 0 Å². The van der Waals surface area contributed by atoms with E-state index < -0.39 is 11.5 Å². The van der Waals surface area contributed by atoms with E-state index in [4.69, 9.17) is 0 Å². The Hall–Kier alpha value is -2.18. The van der Waals surface area contributed by atoms with Crippen molar-refractivity contribution in [3.63, 3.8) is 0 Å². The van der Waals surface area contributed by atoms with Crippen LogP contribution in [0.2, 0.25) is 0 Å². The van der Waals surface area contributed by atoms with Gasteiger partial charge in [-0.3, -0.25) is 4.98 Å². The van der Waals surface area contributed by atoms with E-state index >= 15 is 0 Å². The first-order valence-electron chi connectivity index (χ1n) is 6.82. The maximum atomic E-state index is 11.4. The summed E-state index contributed by atoms with van der Waals surface area (Å²) in [5.74, 6) is -0.537. The average Bonchev–Trinajstić information content (AvgIpc) is 2.64. The van der Waals surface area contributed by atoms with Crippen LogP contribution in [0.4, 0.5) is 0 Å². The van der Waals surface area contributed by atoms with Crippen LogP contribution in [0.5, 0.6) is 0 Å². The molecule has 20 heavy (non-hydrogen) atoms. The summed E-state index contributed by atoms with van der Waals surface area (Å²) in [7, 11) is 0. The van der Waals surface area contributed by atoms with E-state index in [1.54, 1.807) is 13.1 Å². The van der Waals surface area contributed by atoms with E-state index in [0.29, 0.717) is 0 Å². The Balaban J connectivity index is 2.33. The minimum Gasteiger partial charge on any atom is -0.379 e. The van der Waals surface area contributed by atoms with Crippen molar-refractivity contribution in [2.24, 2.45) is 5.92 Å². The number of pyridine rings is 1. The summed E-state index contributed by atoms with van der Waals surface area (Å²) in [4.78, 5) is 4.41. The van der Waals surface area contributed by atoms with Crippen LogP contribution in [0, 0.1) is 17.2 Å². The maximum absolute atomic E-state index is 11.4. The Morgan fingerprint density at radius 3 is 2.75 bits per heavy atom. The van der Waals surface area contributed by atoms with Crippen molar-refractivity contribution in [2.45, 2.75) is 25.4 Å². The van der Waals surface area contributed by atoms with Crippen molar-refractivity contribution in [1.29, 1.82) is 5.26 Å². The van der Waals surface area contributed by atoms with Gasteiger partial charge in [-0.1, -0.05) is 30.3 Å². The Labute approximate surface area is 118 Å². The minimum absolute atomic E-state index is 0.537. The van der Waals surface area contributed by atoms with Crippen molar-refractivity contribution in [3.8, 4) is 6.07 Å². The largest absolute Gasteiger partial charge is 0.379 e.